The molecule has 1 unspecified atom stereocenters. The summed E-state index contributed by atoms with van der Waals surface area (Å²) in [5, 5.41) is 3.42. The zero-order chi connectivity index (χ0) is 13.3. The largest absolute Gasteiger partial charge is 0.411 e. The summed E-state index contributed by atoms with van der Waals surface area (Å²) >= 11 is 0. The highest BCUT2D eigenvalue weighted by atomic mass is 19.4. The van der Waals surface area contributed by atoms with E-state index in [-0.39, 0.29) is 6.61 Å². The van der Waals surface area contributed by atoms with Crippen LogP contribution in [0.5, 0.6) is 0 Å². The average Bonchev–Trinajstić information content (AvgIpc) is 2.32. The molecule has 0 aromatic rings. The van der Waals surface area contributed by atoms with Crippen LogP contribution in [0.25, 0.3) is 0 Å². The SMILES string of the molecule is FC(F)(F)COCCCOCCC1CCCCN1. The van der Waals surface area contributed by atoms with E-state index in [0.717, 1.165) is 13.0 Å². The number of alkyl halides is 3. The van der Waals surface area contributed by atoms with E-state index in [4.69, 9.17) is 4.74 Å². The zero-order valence-corrected chi connectivity index (χ0v) is 10.6. The summed E-state index contributed by atoms with van der Waals surface area (Å²) in [4.78, 5) is 0. The van der Waals surface area contributed by atoms with Crippen LogP contribution in [0, 0.1) is 0 Å². The van der Waals surface area contributed by atoms with E-state index < -0.39 is 12.8 Å². The van der Waals surface area contributed by atoms with Crippen LogP contribution in [-0.2, 0) is 9.47 Å². The molecule has 0 saturated carbocycles. The standard InChI is InChI=1S/C12H22F3NO2/c13-12(14,15)10-18-8-3-7-17-9-5-11-4-1-2-6-16-11/h11,16H,1-10H2. The second-order valence-corrected chi connectivity index (χ2v) is 4.57. The summed E-state index contributed by atoms with van der Waals surface area (Å²) in [6.45, 7) is 1.14. The summed E-state index contributed by atoms with van der Waals surface area (Å²) < 4.78 is 45.0. The van der Waals surface area contributed by atoms with E-state index in [9.17, 15) is 13.2 Å². The fourth-order valence-electron chi connectivity index (χ4n) is 1.95. The van der Waals surface area contributed by atoms with Gasteiger partial charge in [0.15, 0.2) is 0 Å². The Bertz CT molecular complexity index is 206. The number of hydrogen-bond donors (Lipinski definition) is 1. The van der Waals surface area contributed by atoms with E-state index in [2.05, 4.69) is 10.1 Å². The van der Waals surface area contributed by atoms with Gasteiger partial charge in [-0.1, -0.05) is 6.42 Å². The highest BCUT2D eigenvalue weighted by molar-refractivity contribution is 4.71. The van der Waals surface area contributed by atoms with Gasteiger partial charge in [0.05, 0.1) is 0 Å². The van der Waals surface area contributed by atoms with Crippen molar-refractivity contribution in [2.45, 2.75) is 44.3 Å². The van der Waals surface area contributed by atoms with Gasteiger partial charge in [-0.2, -0.15) is 13.2 Å². The number of piperidine rings is 1. The quantitative estimate of drug-likeness (QED) is 0.687. The van der Waals surface area contributed by atoms with Crippen molar-refractivity contribution >= 4 is 0 Å². The molecule has 1 atom stereocenters. The van der Waals surface area contributed by atoms with Gasteiger partial charge in [0.25, 0.3) is 0 Å². The molecule has 1 fully saturated rings. The van der Waals surface area contributed by atoms with Crippen molar-refractivity contribution in [1.29, 1.82) is 0 Å². The molecule has 1 N–H and O–H groups in total. The molecule has 0 spiro atoms. The van der Waals surface area contributed by atoms with E-state index >= 15 is 0 Å². The van der Waals surface area contributed by atoms with Crippen molar-refractivity contribution < 1.29 is 22.6 Å². The Kier molecular flexibility index (Phi) is 7.62. The summed E-state index contributed by atoms with van der Waals surface area (Å²) in [6, 6.07) is 0.542. The maximum Gasteiger partial charge on any atom is 0.411 e. The van der Waals surface area contributed by atoms with E-state index in [0.29, 0.717) is 25.7 Å². The van der Waals surface area contributed by atoms with Crippen molar-refractivity contribution in [2.24, 2.45) is 0 Å². The number of hydrogen-bond acceptors (Lipinski definition) is 3. The van der Waals surface area contributed by atoms with Crippen LogP contribution in [0.15, 0.2) is 0 Å². The third-order valence-corrected chi connectivity index (χ3v) is 2.87. The second kappa shape index (κ2) is 8.72. The molecular formula is C12H22F3NO2. The van der Waals surface area contributed by atoms with Crippen molar-refractivity contribution in [3.8, 4) is 0 Å². The van der Waals surface area contributed by atoms with Gasteiger partial charge in [0, 0.05) is 25.9 Å². The van der Waals surface area contributed by atoms with Gasteiger partial charge in [0.2, 0.25) is 0 Å². The molecule has 0 bridgehead atoms. The third kappa shape index (κ3) is 8.72. The Morgan fingerprint density at radius 2 is 1.83 bits per heavy atom. The fraction of sp³-hybridized carbons (Fsp3) is 1.00. The monoisotopic (exact) mass is 269 g/mol. The lowest BCUT2D eigenvalue weighted by Crippen LogP contribution is -2.34. The molecule has 108 valence electrons. The normalized spacial score (nSPS) is 21.2. The van der Waals surface area contributed by atoms with Gasteiger partial charge < -0.3 is 14.8 Å². The highest BCUT2D eigenvalue weighted by Crippen LogP contribution is 2.14. The van der Waals surface area contributed by atoms with Crippen LogP contribution >= 0.6 is 0 Å². The second-order valence-electron chi connectivity index (χ2n) is 4.57. The minimum Gasteiger partial charge on any atom is -0.381 e. The average molecular weight is 269 g/mol. The first-order chi connectivity index (χ1) is 8.58. The summed E-state index contributed by atoms with van der Waals surface area (Å²) in [5.41, 5.74) is 0. The predicted molar refractivity (Wildman–Crippen MR) is 62.6 cm³/mol. The lowest BCUT2D eigenvalue weighted by molar-refractivity contribution is -0.174. The molecule has 0 amide bonds. The van der Waals surface area contributed by atoms with Crippen LogP contribution in [0.2, 0.25) is 0 Å². The molecule has 6 heteroatoms. The Hall–Kier alpha value is -0.330. The topological polar surface area (TPSA) is 30.5 Å². The zero-order valence-electron chi connectivity index (χ0n) is 10.6. The first kappa shape index (κ1) is 15.7. The Labute approximate surface area is 106 Å². The molecule has 1 aliphatic rings. The van der Waals surface area contributed by atoms with Crippen molar-refractivity contribution in [1.82, 2.24) is 5.32 Å². The van der Waals surface area contributed by atoms with E-state index in [1.807, 2.05) is 0 Å². The van der Waals surface area contributed by atoms with Crippen LogP contribution in [0.3, 0.4) is 0 Å². The summed E-state index contributed by atoms with van der Waals surface area (Å²) in [7, 11) is 0. The van der Waals surface area contributed by atoms with Crippen molar-refractivity contribution in [3.63, 3.8) is 0 Å². The summed E-state index contributed by atoms with van der Waals surface area (Å²) in [6.07, 6.45) is 0.958. The molecule has 18 heavy (non-hydrogen) atoms. The minimum atomic E-state index is -4.23. The minimum absolute atomic E-state index is 0.0984. The highest BCUT2D eigenvalue weighted by Gasteiger charge is 2.27. The van der Waals surface area contributed by atoms with Crippen LogP contribution in [0.4, 0.5) is 13.2 Å². The lowest BCUT2D eigenvalue weighted by Gasteiger charge is -2.23. The molecule has 1 saturated heterocycles. The fourth-order valence-corrected chi connectivity index (χ4v) is 1.95. The predicted octanol–water partition coefficient (Wildman–Crippen LogP) is 2.50. The van der Waals surface area contributed by atoms with Crippen molar-refractivity contribution in [3.05, 3.63) is 0 Å². The lowest BCUT2D eigenvalue weighted by atomic mass is 10.0. The van der Waals surface area contributed by atoms with Gasteiger partial charge in [-0.15, -0.1) is 0 Å². The van der Waals surface area contributed by atoms with Crippen LogP contribution in [0.1, 0.15) is 32.1 Å². The maximum absolute atomic E-state index is 11.7. The van der Waals surface area contributed by atoms with Crippen molar-refractivity contribution in [2.75, 3.05) is 33.0 Å². The molecule has 1 aliphatic heterocycles. The van der Waals surface area contributed by atoms with Gasteiger partial charge in [-0.05, 0) is 32.2 Å². The Morgan fingerprint density at radius 3 is 2.50 bits per heavy atom. The Morgan fingerprint density at radius 1 is 1.06 bits per heavy atom. The first-order valence-corrected chi connectivity index (χ1v) is 6.53. The first-order valence-electron chi connectivity index (χ1n) is 6.53. The molecule has 1 heterocycles. The van der Waals surface area contributed by atoms with E-state index in [1.165, 1.54) is 19.3 Å². The van der Waals surface area contributed by atoms with E-state index in [1.54, 1.807) is 0 Å². The molecule has 0 aromatic carbocycles. The van der Waals surface area contributed by atoms with Crippen LogP contribution in [-0.4, -0.2) is 45.2 Å². The number of rotatable bonds is 8. The van der Waals surface area contributed by atoms with Gasteiger partial charge in [-0.3, -0.25) is 0 Å². The smallest absolute Gasteiger partial charge is 0.381 e. The molecule has 0 radical (unpaired) electrons. The molecule has 0 aromatic heterocycles. The summed E-state index contributed by atoms with van der Waals surface area (Å²) in [5.74, 6) is 0. The number of ether oxygens (including phenoxy) is 2. The molecular weight excluding hydrogens is 247 g/mol. The molecule has 3 nitrogen and oxygen atoms in total. The van der Waals surface area contributed by atoms with Gasteiger partial charge in [0.1, 0.15) is 6.61 Å². The van der Waals surface area contributed by atoms with Gasteiger partial charge >= 0.3 is 6.18 Å². The van der Waals surface area contributed by atoms with Gasteiger partial charge in [-0.25, -0.2) is 0 Å². The van der Waals surface area contributed by atoms with Crippen LogP contribution < -0.4 is 5.32 Å². The maximum atomic E-state index is 11.7. The number of halogens is 3. The molecule has 1 rings (SSSR count). The third-order valence-electron chi connectivity index (χ3n) is 2.87. The number of nitrogens with one attached hydrogen (secondary N) is 1. The molecule has 0 aliphatic carbocycles. The Balaban J connectivity index is 1.81.